The summed E-state index contributed by atoms with van der Waals surface area (Å²) >= 11 is 0. The number of methoxy groups -OCH3 is 1. The SMILES string of the molecule is COC(=O)c1cnc2c(c1)CCC(N)C2. The van der Waals surface area contributed by atoms with Crippen molar-refractivity contribution in [3.8, 4) is 0 Å². The lowest BCUT2D eigenvalue weighted by Crippen LogP contribution is -2.28. The van der Waals surface area contributed by atoms with E-state index in [9.17, 15) is 4.79 Å². The fourth-order valence-electron chi connectivity index (χ4n) is 1.86. The highest BCUT2D eigenvalue weighted by atomic mass is 16.5. The zero-order chi connectivity index (χ0) is 10.8. The van der Waals surface area contributed by atoms with E-state index < -0.39 is 0 Å². The molecule has 1 atom stereocenters. The van der Waals surface area contributed by atoms with Gasteiger partial charge in [0.25, 0.3) is 0 Å². The first-order valence-corrected chi connectivity index (χ1v) is 5.02. The molecule has 15 heavy (non-hydrogen) atoms. The summed E-state index contributed by atoms with van der Waals surface area (Å²) in [7, 11) is 1.37. The van der Waals surface area contributed by atoms with Gasteiger partial charge in [-0.3, -0.25) is 4.98 Å². The van der Waals surface area contributed by atoms with Gasteiger partial charge in [-0.05, 0) is 24.5 Å². The van der Waals surface area contributed by atoms with E-state index in [1.165, 1.54) is 7.11 Å². The number of aryl methyl sites for hydroxylation is 1. The van der Waals surface area contributed by atoms with Crippen LogP contribution in [-0.4, -0.2) is 24.1 Å². The van der Waals surface area contributed by atoms with E-state index in [2.05, 4.69) is 9.72 Å². The number of ether oxygens (including phenoxy) is 1. The molecule has 0 spiro atoms. The molecule has 2 N–H and O–H groups in total. The maximum absolute atomic E-state index is 11.3. The van der Waals surface area contributed by atoms with Crippen LogP contribution in [0.1, 0.15) is 28.0 Å². The molecule has 80 valence electrons. The quantitative estimate of drug-likeness (QED) is 0.686. The average Bonchev–Trinajstić information content (AvgIpc) is 2.27. The molecule has 0 fully saturated rings. The molecule has 4 heteroatoms. The number of carbonyl (C=O) groups excluding carboxylic acids is 1. The number of esters is 1. The average molecular weight is 206 g/mol. The largest absolute Gasteiger partial charge is 0.465 e. The van der Waals surface area contributed by atoms with Crippen molar-refractivity contribution in [3.63, 3.8) is 0 Å². The van der Waals surface area contributed by atoms with Crippen LogP contribution in [0.2, 0.25) is 0 Å². The van der Waals surface area contributed by atoms with E-state index in [0.29, 0.717) is 5.56 Å². The third-order valence-electron chi connectivity index (χ3n) is 2.72. The fraction of sp³-hybridized carbons (Fsp3) is 0.455. The van der Waals surface area contributed by atoms with E-state index in [0.717, 1.165) is 30.5 Å². The van der Waals surface area contributed by atoms with Gasteiger partial charge in [-0.25, -0.2) is 4.79 Å². The van der Waals surface area contributed by atoms with Crippen molar-refractivity contribution >= 4 is 5.97 Å². The molecule has 4 nitrogen and oxygen atoms in total. The highest BCUT2D eigenvalue weighted by Gasteiger charge is 2.18. The second kappa shape index (κ2) is 3.98. The Bertz CT molecular complexity index is 390. The van der Waals surface area contributed by atoms with Crippen LogP contribution in [0.15, 0.2) is 12.3 Å². The predicted octanol–water partition coefficient (Wildman–Crippen LogP) is 0.684. The van der Waals surface area contributed by atoms with Gasteiger partial charge in [0, 0.05) is 24.4 Å². The lowest BCUT2D eigenvalue weighted by molar-refractivity contribution is 0.0600. The van der Waals surface area contributed by atoms with Gasteiger partial charge in [0.1, 0.15) is 0 Å². The minimum atomic E-state index is -0.333. The number of hydrogen-bond donors (Lipinski definition) is 1. The Morgan fingerprint density at radius 1 is 1.67 bits per heavy atom. The molecule has 0 aliphatic heterocycles. The monoisotopic (exact) mass is 206 g/mol. The smallest absolute Gasteiger partial charge is 0.339 e. The Hall–Kier alpha value is -1.42. The molecule has 1 aromatic heterocycles. The summed E-state index contributed by atoms with van der Waals surface area (Å²) in [4.78, 5) is 15.5. The van der Waals surface area contributed by atoms with Crippen LogP contribution in [0, 0.1) is 0 Å². The number of carbonyl (C=O) groups is 1. The highest BCUT2D eigenvalue weighted by Crippen LogP contribution is 2.19. The molecule has 1 heterocycles. The Morgan fingerprint density at radius 2 is 2.47 bits per heavy atom. The molecule has 1 aliphatic carbocycles. The van der Waals surface area contributed by atoms with Crippen LogP contribution >= 0.6 is 0 Å². The van der Waals surface area contributed by atoms with Crippen LogP contribution in [-0.2, 0) is 17.6 Å². The molecule has 1 aliphatic rings. The zero-order valence-electron chi connectivity index (χ0n) is 8.69. The second-order valence-electron chi connectivity index (χ2n) is 3.82. The van der Waals surface area contributed by atoms with Gasteiger partial charge in [-0.15, -0.1) is 0 Å². The van der Waals surface area contributed by atoms with Crippen molar-refractivity contribution in [2.24, 2.45) is 5.73 Å². The summed E-state index contributed by atoms with van der Waals surface area (Å²) in [6.07, 6.45) is 4.22. The number of nitrogens with two attached hydrogens (primary N) is 1. The number of pyridine rings is 1. The minimum absolute atomic E-state index is 0.203. The van der Waals surface area contributed by atoms with Gasteiger partial charge in [0.15, 0.2) is 0 Å². The Morgan fingerprint density at radius 3 is 3.20 bits per heavy atom. The van der Waals surface area contributed by atoms with Crippen molar-refractivity contribution < 1.29 is 9.53 Å². The second-order valence-corrected chi connectivity index (χ2v) is 3.82. The van der Waals surface area contributed by atoms with Gasteiger partial charge in [-0.2, -0.15) is 0 Å². The summed E-state index contributed by atoms with van der Waals surface area (Å²) < 4.78 is 4.64. The third kappa shape index (κ3) is 1.99. The molecule has 0 bridgehead atoms. The molecule has 0 aromatic carbocycles. The van der Waals surface area contributed by atoms with Crippen molar-refractivity contribution in [2.45, 2.75) is 25.3 Å². The van der Waals surface area contributed by atoms with Crippen molar-refractivity contribution in [1.29, 1.82) is 0 Å². The third-order valence-corrected chi connectivity index (χ3v) is 2.72. The first-order chi connectivity index (χ1) is 7.20. The van der Waals surface area contributed by atoms with Crippen molar-refractivity contribution in [1.82, 2.24) is 4.98 Å². The van der Waals surface area contributed by atoms with E-state index in [1.807, 2.05) is 6.07 Å². The fourth-order valence-corrected chi connectivity index (χ4v) is 1.86. The van der Waals surface area contributed by atoms with E-state index in [1.54, 1.807) is 6.20 Å². The molecular formula is C11H14N2O2. The van der Waals surface area contributed by atoms with E-state index in [4.69, 9.17) is 5.73 Å². The number of rotatable bonds is 1. The first kappa shape index (κ1) is 10.1. The number of fused-ring (bicyclic) bond motifs is 1. The lowest BCUT2D eigenvalue weighted by Gasteiger charge is -2.20. The maximum atomic E-state index is 11.3. The van der Waals surface area contributed by atoms with Gasteiger partial charge >= 0.3 is 5.97 Å². The van der Waals surface area contributed by atoms with Crippen LogP contribution in [0.25, 0.3) is 0 Å². The van der Waals surface area contributed by atoms with Gasteiger partial charge < -0.3 is 10.5 Å². The molecule has 0 radical (unpaired) electrons. The topological polar surface area (TPSA) is 65.2 Å². The lowest BCUT2D eigenvalue weighted by atomic mass is 9.92. The standard InChI is InChI=1S/C11H14N2O2/c1-15-11(14)8-4-7-2-3-9(12)5-10(7)13-6-8/h4,6,9H,2-3,5,12H2,1H3. The van der Waals surface area contributed by atoms with Crippen LogP contribution in [0.4, 0.5) is 0 Å². The van der Waals surface area contributed by atoms with Crippen molar-refractivity contribution in [2.75, 3.05) is 7.11 Å². The summed E-state index contributed by atoms with van der Waals surface area (Å²) in [5, 5.41) is 0. The molecule has 0 amide bonds. The van der Waals surface area contributed by atoms with Crippen LogP contribution < -0.4 is 5.73 Å². The predicted molar refractivity (Wildman–Crippen MR) is 55.6 cm³/mol. The number of aromatic nitrogens is 1. The molecule has 2 rings (SSSR count). The summed E-state index contributed by atoms with van der Waals surface area (Å²) in [6, 6.07) is 2.06. The van der Waals surface area contributed by atoms with Crippen LogP contribution in [0.3, 0.4) is 0 Å². The van der Waals surface area contributed by atoms with Crippen LogP contribution in [0.5, 0.6) is 0 Å². The summed E-state index contributed by atoms with van der Waals surface area (Å²) in [5.74, 6) is -0.333. The summed E-state index contributed by atoms with van der Waals surface area (Å²) in [6.45, 7) is 0. The highest BCUT2D eigenvalue weighted by molar-refractivity contribution is 5.89. The van der Waals surface area contributed by atoms with Gasteiger partial charge in [0.2, 0.25) is 0 Å². The molecule has 1 aromatic rings. The normalized spacial score (nSPS) is 19.5. The van der Waals surface area contributed by atoms with E-state index >= 15 is 0 Å². The van der Waals surface area contributed by atoms with Gasteiger partial charge in [-0.1, -0.05) is 0 Å². The number of hydrogen-bond acceptors (Lipinski definition) is 4. The Kier molecular flexibility index (Phi) is 2.68. The Balaban J connectivity index is 2.30. The van der Waals surface area contributed by atoms with Gasteiger partial charge in [0.05, 0.1) is 12.7 Å². The summed E-state index contributed by atoms with van der Waals surface area (Å²) in [5.41, 5.74) is 8.50. The number of nitrogens with zero attached hydrogens (tertiary/aromatic N) is 1. The zero-order valence-corrected chi connectivity index (χ0v) is 8.69. The first-order valence-electron chi connectivity index (χ1n) is 5.02. The minimum Gasteiger partial charge on any atom is -0.465 e. The Labute approximate surface area is 88.4 Å². The molecule has 0 saturated carbocycles. The molecular weight excluding hydrogens is 192 g/mol. The molecule has 0 saturated heterocycles. The molecule has 1 unspecified atom stereocenters. The van der Waals surface area contributed by atoms with Crippen molar-refractivity contribution in [3.05, 3.63) is 29.1 Å². The van der Waals surface area contributed by atoms with E-state index in [-0.39, 0.29) is 12.0 Å². The maximum Gasteiger partial charge on any atom is 0.339 e.